The van der Waals surface area contributed by atoms with Crippen molar-refractivity contribution in [1.82, 2.24) is 15.8 Å². The molecule has 0 saturated heterocycles. The first-order valence-corrected chi connectivity index (χ1v) is 10.9. The van der Waals surface area contributed by atoms with Gasteiger partial charge in [-0.05, 0) is 43.4 Å². The number of benzene rings is 1. The number of nitrogens with zero attached hydrogens (tertiary/aromatic N) is 2. The first-order valence-electron chi connectivity index (χ1n) is 10.9. The molecule has 0 atom stereocenters. The third-order valence-electron chi connectivity index (χ3n) is 5.28. The Bertz CT molecular complexity index is 853. The molecule has 1 aromatic carbocycles. The molecule has 1 amide bonds. The van der Waals surface area contributed by atoms with E-state index >= 15 is 0 Å². The zero-order chi connectivity index (χ0) is 21.3. The van der Waals surface area contributed by atoms with Crippen molar-refractivity contribution in [3.8, 4) is 0 Å². The summed E-state index contributed by atoms with van der Waals surface area (Å²) < 4.78 is 5.38. The van der Waals surface area contributed by atoms with Gasteiger partial charge in [-0.1, -0.05) is 44.0 Å². The molecule has 3 N–H and O–H groups in total. The van der Waals surface area contributed by atoms with E-state index in [9.17, 15) is 4.79 Å². The van der Waals surface area contributed by atoms with Crippen LogP contribution in [0.2, 0.25) is 0 Å². The highest BCUT2D eigenvalue weighted by molar-refractivity contribution is 5.92. The van der Waals surface area contributed by atoms with Crippen LogP contribution in [0.3, 0.4) is 0 Å². The molecular weight excluding hydrogens is 378 g/mol. The number of aromatic nitrogens is 1. The van der Waals surface area contributed by atoms with Crippen LogP contribution in [-0.2, 0) is 17.9 Å². The normalized spacial score (nSPS) is 14.9. The first-order chi connectivity index (χ1) is 14.5. The fourth-order valence-corrected chi connectivity index (χ4v) is 3.55. The van der Waals surface area contributed by atoms with Crippen LogP contribution in [0.1, 0.15) is 69.4 Å². The maximum absolute atomic E-state index is 12.4. The van der Waals surface area contributed by atoms with Gasteiger partial charge in [-0.25, -0.2) is 4.99 Å². The van der Waals surface area contributed by atoms with E-state index in [-0.39, 0.29) is 11.8 Å². The van der Waals surface area contributed by atoms with Crippen molar-refractivity contribution >= 4 is 17.6 Å². The van der Waals surface area contributed by atoms with Crippen LogP contribution in [0.5, 0.6) is 0 Å². The van der Waals surface area contributed by atoms with Crippen LogP contribution in [-0.4, -0.2) is 23.6 Å². The van der Waals surface area contributed by atoms with Crippen LogP contribution >= 0.6 is 0 Å². The molecule has 1 aliphatic rings. The number of carbonyl (C=O) groups excluding carboxylic acids is 1. The standard InChI is InChI=1S/C23H33N5O2/c1-4-24-23(26-15-20-13-21(16(2)3)28-30-20)25-14-17-8-7-11-19(12-17)27-22(29)18-9-5-6-10-18/h7-8,11-13,16,18H,4-6,9-10,14-15H2,1-3H3,(H,27,29)(H2,24,25,26). The lowest BCUT2D eigenvalue weighted by molar-refractivity contribution is -0.119. The predicted molar refractivity (Wildman–Crippen MR) is 119 cm³/mol. The summed E-state index contributed by atoms with van der Waals surface area (Å²) in [6.07, 6.45) is 4.30. The number of amides is 1. The van der Waals surface area contributed by atoms with Crippen LogP contribution in [0.25, 0.3) is 0 Å². The summed E-state index contributed by atoms with van der Waals surface area (Å²) in [6.45, 7) is 7.99. The van der Waals surface area contributed by atoms with Crippen LogP contribution in [0.4, 0.5) is 5.69 Å². The second-order valence-corrected chi connectivity index (χ2v) is 8.09. The lowest BCUT2D eigenvalue weighted by Gasteiger charge is -2.12. The van der Waals surface area contributed by atoms with Crippen molar-refractivity contribution in [2.24, 2.45) is 10.9 Å². The Morgan fingerprint density at radius 3 is 2.73 bits per heavy atom. The molecule has 7 heteroatoms. The quantitative estimate of drug-likeness (QED) is 0.448. The third-order valence-corrected chi connectivity index (χ3v) is 5.28. The molecule has 1 heterocycles. The van der Waals surface area contributed by atoms with Gasteiger partial charge in [0.25, 0.3) is 0 Å². The summed E-state index contributed by atoms with van der Waals surface area (Å²) in [4.78, 5) is 17.0. The fourth-order valence-electron chi connectivity index (χ4n) is 3.55. The van der Waals surface area contributed by atoms with E-state index in [1.54, 1.807) is 0 Å². The highest BCUT2D eigenvalue weighted by Gasteiger charge is 2.22. The minimum absolute atomic E-state index is 0.135. The number of rotatable bonds is 8. The number of hydrogen-bond donors (Lipinski definition) is 3. The minimum Gasteiger partial charge on any atom is -0.359 e. The lowest BCUT2D eigenvalue weighted by atomic mass is 10.1. The van der Waals surface area contributed by atoms with Gasteiger partial charge in [0, 0.05) is 24.2 Å². The van der Waals surface area contributed by atoms with E-state index in [4.69, 9.17) is 4.52 Å². The van der Waals surface area contributed by atoms with E-state index in [1.165, 1.54) is 0 Å². The Hall–Kier alpha value is -2.83. The molecule has 0 bridgehead atoms. The summed E-state index contributed by atoms with van der Waals surface area (Å²) in [5, 5.41) is 13.7. The van der Waals surface area contributed by atoms with Crippen molar-refractivity contribution in [3.05, 3.63) is 47.3 Å². The van der Waals surface area contributed by atoms with Gasteiger partial charge in [-0.2, -0.15) is 0 Å². The van der Waals surface area contributed by atoms with E-state index in [0.29, 0.717) is 25.0 Å². The third kappa shape index (κ3) is 6.34. The van der Waals surface area contributed by atoms with Gasteiger partial charge in [0.1, 0.15) is 0 Å². The number of carbonyl (C=O) groups is 1. The van der Waals surface area contributed by atoms with Crippen molar-refractivity contribution < 1.29 is 9.32 Å². The molecule has 162 valence electrons. The Balaban J connectivity index is 1.57. The Kier molecular flexibility index (Phi) is 7.88. The van der Waals surface area contributed by atoms with Gasteiger partial charge < -0.3 is 20.5 Å². The number of guanidine groups is 1. The molecule has 1 saturated carbocycles. The van der Waals surface area contributed by atoms with E-state index in [1.807, 2.05) is 37.3 Å². The van der Waals surface area contributed by atoms with Gasteiger partial charge in [0.15, 0.2) is 11.7 Å². The molecule has 0 unspecified atom stereocenters. The zero-order valence-corrected chi connectivity index (χ0v) is 18.2. The van der Waals surface area contributed by atoms with Gasteiger partial charge >= 0.3 is 0 Å². The molecule has 1 aliphatic carbocycles. The summed E-state index contributed by atoms with van der Waals surface area (Å²) >= 11 is 0. The van der Waals surface area contributed by atoms with Gasteiger partial charge in [0.2, 0.25) is 5.91 Å². The fraction of sp³-hybridized carbons (Fsp3) is 0.522. The summed E-state index contributed by atoms with van der Waals surface area (Å²) in [6, 6.07) is 9.86. The van der Waals surface area contributed by atoms with Crippen molar-refractivity contribution in [3.63, 3.8) is 0 Å². The van der Waals surface area contributed by atoms with Crippen molar-refractivity contribution in [2.45, 2.75) is 65.5 Å². The monoisotopic (exact) mass is 411 g/mol. The van der Waals surface area contributed by atoms with Crippen molar-refractivity contribution in [1.29, 1.82) is 0 Å². The Labute approximate surface area is 178 Å². The molecule has 0 radical (unpaired) electrons. The maximum Gasteiger partial charge on any atom is 0.227 e. The number of anilines is 1. The predicted octanol–water partition coefficient (Wildman–Crippen LogP) is 4.18. The summed E-state index contributed by atoms with van der Waals surface area (Å²) in [5.74, 6) is 2.12. The van der Waals surface area contributed by atoms with Crippen LogP contribution < -0.4 is 16.0 Å². The molecule has 1 fully saturated rings. The van der Waals surface area contributed by atoms with E-state index in [0.717, 1.165) is 54.9 Å². The molecule has 1 aromatic heterocycles. The zero-order valence-electron chi connectivity index (χ0n) is 18.2. The average Bonchev–Trinajstić information content (AvgIpc) is 3.42. The minimum atomic E-state index is 0.135. The highest BCUT2D eigenvalue weighted by atomic mass is 16.5. The molecule has 0 spiro atoms. The molecule has 7 nitrogen and oxygen atoms in total. The van der Waals surface area contributed by atoms with Gasteiger partial charge in [-0.15, -0.1) is 0 Å². The molecule has 2 aromatic rings. The molecule has 3 rings (SSSR count). The van der Waals surface area contributed by atoms with Crippen LogP contribution in [0, 0.1) is 5.92 Å². The van der Waals surface area contributed by atoms with Crippen LogP contribution in [0.15, 0.2) is 39.8 Å². The van der Waals surface area contributed by atoms with E-state index < -0.39 is 0 Å². The Morgan fingerprint density at radius 2 is 2.03 bits per heavy atom. The highest BCUT2D eigenvalue weighted by Crippen LogP contribution is 2.26. The smallest absolute Gasteiger partial charge is 0.227 e. The molecule has 30 heavy (non-hydrogen) atoms. The Morgan fingerprint density at radius 1 is 1.23 bits per heavy atom. The largest absolute Gasteiger partial charge is 0.359 e. The SMILES string of the molecule is CCNC(=NCc1cccc(NC(=O)C2CCCC2)c1)NCc1cc(C(C)C)no1. The lowest BCUT2D eigenvalue weighted by Crippen LogP contribution is -2.36. The summed E-state index contributed by atoms with van der Waals surface area (Å²) in [7, 11) is 0. The number of nitrogens with one attached hydrogen (secondary N) is 3. The number of hydrogen-bond acceptors (Lipinski definition) is 4. The first kappa shape index (κ1) is 21.9. The maximum atomic E-state index is 12.4. The summed E-state index contributed by atoms with van der Waals surface area (Å²) in [5.41, 5.74) is 2.82. The van der Waals surface area contributed by atoms with Gasteiger partial charge in [-0.3, -0.25) is 4.79 Å². The average molecular weight is 412 g/mol. The second kappa shape index (κ2) is 10.8. The molecule has 0 aliphatic heterocycles. The number of aliphatic imine (C=N–C) groups is 1. The molecular formula is C23H33N5O2. The second-order valence-electron chi connectivity index (χ2n) is 8.09. The topological polar surface area (TPSA) is 91.5 Å². The van der Waals surface area contributed by atoms with E-state index in [2.05, 4.69) is 39.9 Å². The van der Waals surface area contributed by atoms with Crippen molar-refractivity contribution in [2.75, 3.05) is 11.9 Å². The van der Waals surface area contributed by atoms with Gasteiger partial charge in [0.05, 0.1) is 18.8 Å².